The topological polar surface area (TPSA) is 99.3 Å². The lowest BCUT2D eigenvalue weighted by molar-refractivity contribution is 0.156. The maximum Gasteiger partial charge on any atom is 0.142 e. The highest BCUT2D eigenvalue weighted by Gasteiger charge is 2.27. The Morgan fingerprint density at radius 1 is 1.15 bits per heavy atom. The van der Waals surface area contributed by atoms with Crippen molar-refractivity contribution in [3.63, 3.8) is 0 Å². The van der Waals surface area contributed by atoms with Crippen LogP contribution in [0.3, 0.4) is 0 Å². The second-order valence-electron chi connectivity index (χ2n) is 8.42. The minimum Gasteiger partial charge on any atom is -0.395 e. The number of aromatic nitrogens is 4. The van der Waals surface area contributed by atoms with Gasteiger partial charge in [-0.2, -0.15) is 5.10 Å². The molecule has 3 aromatic heterocycles. The molecule has 1 aliphatic rings. The maximum absolute atomic E-state index is 13.7. The Kier molecular flexibility index (Phi) is 6.55. The number of fused-ring (bicyclic) bond motifs is 5. The van der Waals surface area contributed by atoms with E-state index in [1.165, 1.54) is 22.2 Å². The summed E-state index contributed by atoms with van der Waals surface area (Å²) in [5.74, 6) is 0.500. The number of thiophene rings is 1. The molecular formula is C24H27FN6O2S. The van der Waals surface area contributed by atoms with Gasteiger partial charge in [-0.1, -0.05) is 0 Å². The Morgan fingerprint density at radius 2 is 1.97 bits per heavy atom. The molecule has 4 aromatic rings. The first-order valence-electron chi connectivity index (χ1n) is 11.4. The minimum absolute atomic E-state index is 0.0667. The average molecular weight is 483 g/mol. The van der Waals surface area contributed by atoms with Gasteiger partial charge in [0.15, 0.2) is 0 Å². The van der Waals surface area contributed by atoms with Crippen LogP contribution in [0, 0.1) is 12.7 Å². The van der Waals surface area contributed by atoms with Gasteiger partial charge in [-0.25, -0.2) is 14.4 Å². The van der Waals surface area contributed by atoms with Crippen LogP contribution in [0.4, 0.5) is 15.9 Å². The molecular weight excluding hydrogens is 455 g/mol. The molecule has 1 aromatic carbocycles. The number of hydrogen-bond acceptors (Lipinski definition) is 8. The van der Waals surface area contributed by atoms with Crippen LogP contribution in [0.15, 0.2) is 30.7 Å². The Bertz CT molecular complexity index is 1310. The van der Waals surface area contributed by atoms with Crippen molar-refractivity contribution in [1.29, 1.82) is 0 Å². The zero-order chi connectivity index (χ0) is 23.7. The van der Waals surface area contributed by atoms with Crippen LogP contribution in [0.25, 0.3) is 20.7 Å². The Morgan fingerprint density at radius 3 is 2.74 bits per heavy atom. The largest absolute Gasteiger partial charge is 0.395 e. The van der Waals surface area contributed by atoms with Crippen LogP contribution in [0.2, 0.25) is 0 Å². The van der Waals surface area contributed by atoms with Crippen molar-refractivity contribution in [2.75, 3.05) is 38.2 Å². The van der Waals surface area contributed by atoms with Crippen molar-refractivity contribution in [1.82, 2.24) is 24.6 Å². The Labute approximate surface area is 200 Å². The van der Waals surface area contributed by atoms with Crippen molar-refractivity contribution in [3.8, 4) is 10.4 Å². The molecule has 0 atom stereocenters. The lowest BCUT2D eigenvalue weighted by Gasteiger charge is -2.21. The number of aliphatic hydroxyl groups is 2. The van der Waals surface area contributed by atoms with Gasteiger partial charge in [0.25, 0.3) is 0 Å². The number of halogens is 1. The highest BCUT2D eigenvalue weighted by molar-refractivity contribution is 7.22. The molecule has 0 saturated carbocycles. The molecule has 0 aliphatic heterocycles. The fourth-order valence-electron chi connectivity index (χ4n) is 4.56. The lowest BCUT2D eigenvalue weighted by Crippen LogP contribution is -2.33. The van der Waals surface area contributed by atoms with Gasteiger partial charge in [0.05, 0.1) is 31.3 Å². The Hall–Kier alpha value is -2.92. The molecule has 0 spiro atoms. The molecule has 3 heterocycles. The number of rotatable bonds is 9. The number of anilines is 2. The van der Waals surface area contributed by atoms with E-state index in [0.29, 0.717) is 31.7 Å². The van der Waals surface area contributed by atoms with E-state index < -0.39 is 0 Å². The summed E-state index contributed by atoms with van der Waals surface area (Å²) >= 11 is 1.65. The maximum atomic E-state index is 13.7. The van der Waals surface area contributed by atoms with E-state index in [1.807, 2.05) is 15.8 Å². The molecule has 0 saturated heterocycles. The van der Waals surface area contributed by atoms with E-state index in [-0.39, 0.29) is 19.0 Å². The molecule has 0 radical (unpaired) electrons. The van der Waals surface area contributed by atoms with E-state index in [0.717, 1.165) is 40.1 Å². The molecule has 8 nitrogen and oxygen atoms in total. The third-order valence-corrected chi connectivity index (χ3v) is 7.45. The summed E-state index contributed by atoms with van der Waals surface area (Å²) in [6, 6.07) is 4.96. The van der Waals surface area contributed by atoms with Gasteiger partial charge >= 0.3 is 0 Å². The monoisotopic (exact) mass is 482 g/mol. The summed E-state index contributed by atoms with van der Waals surface area (Å²) in [5.41, 5.74) is 4.92. The molecule has 0 bridgehead atoms. The molecule has 3 N–H and O–H groups in total. The molecule has 1 aliphatic carbocycles. The van der Waals surface area contributed by atoms with E-state index >= 15 is 0 Å². The minimum atomic E-state index is -0.230. The molecule has 0 fully saturated rings. The van der Waals surface area contributed by atoms with Gasteiger partial charge in [0.1, 0.15) is 22.8 Å². The zero-order valence-corrected chi connectivity index (χ0v) is 19.8. The fourth-order valence-corrected chi connectivity index (χ4v) is 5.78. The number of benzene rings is 1. The molecule has 0 amide bonds. The van der Waals surface area contributed by atoms with Crippen molar-refractivity contribution < 1.29 is 14.6 Å². The molecule has 178 valence electrons. The summed E-state index contributed by atoms with van der Waals surface area (Å²) in [6.45, 7) is 4.36. The van der Waals surface area contributed by atoms with E-state index in [1.54, 1.807) is 36.7 Å². The first-order chi connectivity index (χ1) is 16.6. The van der Waals surface area contributed by atoms with Gasteiger partial charge in [0.2, 0.25) is 0 Å². The number of hydrogen-bond donors (Lipinski definition) is 3. The summed E-state index contributed by atoms with van der Waals surface area (Å²) in [4.78, 5) is 13.1. The van der Waals surface area contributed by atoms with E-state index in [4.69, 9.17) is 0 Å². The van der Waals surface area contributed by atoms with Crippen LogP contribution in [-0.4, -0.2) is 67.7 Å². The van der Waals surface area contributed by atoms with Crippen molar-refractivity contribution >= 4 is 33.1 Å². The second kappa shape index (κ2) is 9.75. The standard InChI is InChI=1S/C24H27FN6O2S/c1-15-12-16(2-4-19(15)25)29-23-21-17-3-5-20-18(22(17)34-24(21)27-14-26-23)13-28-31(20)7-6-30(8-10-32)9-11-33/h2,4,12-14,32-33H,3,5-11H2,1H3,(H,26,27,29). The number of aliphatic hydroxyl groups excluding tert-OH is 2. The molecule has 0 unspecified atom stereocenters. The van der Waals surface area contributed by atoms with Crippen LogP contribution >= 0.6 is 11.3 Å². The average Bonchev–Trinajstić information content (AvgIpc) is 3.42. The van der Waals surface area contributed by atoms with Gasteiger partial charge in [-0.15, -0.1) is 11.3 Å². The summed E-state index contributed by atoms with van der Waals surface area (Å²) in [7, 11) is 0. The molecule has 5 rings (SSSR count). The Balaban J connectivity index is 1.45. The van der Waals surface area contributed by atoms with Crippen molar-refractivity contribution in [3.05, 3.63) is 53.4 Å². The normalized spacial score (nSPS) is 12.9. The smallest absolute Gasteiger partial charge is 0.142 e. The van der Waals surface area contributed by atoms with Gasteiger partial charge < -0.3 is 15.5 Å². The second-order valence-corrected chi connectivity index (χ2v) is 9.42. The zero-order valence-electron chi connectivity index (χ0n) is 19.0. The predicted octanol–water partition coefficient (Wildman–Crippen LogP) is 3.13. The highest BCUT2D eigenvalue weighted by atomic mass is 32.1. The molecule has 10 heteroatoms. The quantitative estimate of drug-likeness (QED) is 0.337. The predicted molar refractivity (Wildman–Crippen MR) is 131 cm³/mol. The van der Waals surface area contributed by atoms with Crippen LogP contribution < -0.4 is 5.32 Å². The summed E-state index contributed by atoms with van der Waals surface area (Å²) in [5, 5.41) is 27.5. The first kappa shape index (κ1) is 22.9. The first-order valence-corrected chi connectivity index (χ1v) is 12.2. The number of nitrogens with zero attached hydrogens (tertiary/aromatic N) is 5. The number of nitrogens with one attached hydrogen (secondary N) is 1. The molecule has 34 heavy (non-hydrogen) atoms. The highest BCUT2D eigenvalue weighted by Crippen LogP contribution is 2.45. The van der Waals surface area contributed by atoms with E-state index in [2.05, 4.69) is 20.4 Å². The van der Waals surface area contributed by atoms with Crippen LogP contribution in [0.5, 0.6) is 0 Å². The number of aryl methyl sites for hydroxylation is 2. The van der Waals surface area contributed by atoms with Gasteiger partial charge in [0, 0.05) is 41.5 Å². The van der Waals surface area contributed by atoms with Crippen molar-refractivity contribution in [2.24, 2.45) is 0 Å². The third-order valence-electron chi connectivity index (χ3n) is 6.27. The third kappa shape index (κ3) is 4.29. The van der Waals surface area contributed by atoms with E-state index in [9.17, 15) is 14.6 Å². The summed E-state index contributed by atoms with van der Waals surface area (Å²) in [6.07, 6.45) is 5.20. The van der Waals surface area contributed by atoms with Crippen LogP contribution in [0.1, 0.15) is 16.8 Å². The van der Waals surface area contributed by atoms with Crippen molar-refractivity contribution in [2.45, 2.75) is 26.3 Å². The fraction of sp³-hybridized carbons (Fsp3) is 0.375. The van der Waals surface area contributed by atoms with Gasteiger partial charge in [-0.05, 0) is 49.1 Å². The summed E-state index contributed by atoms with van der Waals surface area (Å²) < 4.78 is 15.7. The lowest BCUT2D eigenvalue weighted by atomic mass is 9.95. The van der Waals surface area contributed by atoms with Gasteiger partial charge in [-0.3, -0.25) is 9.58 Å². The SMILES string of the molecule is Cc1cc(Nc2ncnc3sc4c(c23)CCc2c-4cnn2CCN(CCO)CCO)ccc1F. The van der Waals surface area contributed by atoms with Crippen LogP contribution in [-0.2, 0) is 19.4 Å².